The smallest absolute Gasteiger partial charge is 0.00392 e. The Bertz CT molecular complexity index is 620. The van der Waals surface area contributed by atoms with E-state index in [0.29, 0.717) is 12.0 Å². The maximum atomic E-state index is 6.05. The summed E-state index contributed by atoms with van der Waals surface area (Å²) in [6, 6.07) is 19.1. The van der Waals surface area contributed by atoms with E-state index in [2.05, 4.69) is 55.5 Å². The van der Waals surface area contributed by atoms with Gasteiger partial charge in [0.25, 0.3) is 0 Å². The van der Waals surface area contributed by atoms with Crippen molar-refractivity contribution < 1.29 is 0 Å². The minimum atomic E-state index is 0.427. The summed E-state index contributed by atoms with van der Waals surface area (Å²) in [5.74, 6) is 2.41. The van der Waals surface area contributed by atoms with Crippen LogP contribution in [0.25, 0.3) is 11.1 Å². The van der Waals surface area contributed by atoms with Gasteiger partial charge in [-0.05, 0) is 78.5 Å². The third-order valence-corrected chi connectivity index (χ3v) is 6.89. The largest absolute Gasteiger partial charge is 0.328 e. The Morgan fingerprint density at radius 1 is 0.577 bits per heavy atom. The fourth-order valence-electron chi connectivity index (χ4n) is 4.94. The fraction of sp³-hybridized carbons (Fsp3) is 0.520. The van der Waals surface area contributed by atoms with Gasteiger partial charge in [-0.25, -0.2) is 0 Å². The van der Waals surface area contributed by atoms with E-state index in [1.807, 2.05) is 0 Å². The summed E-state index contributed by atoms with van der Waals surface area (Å²) in [6.07, 6.45) is 10.3. The van der Waals surface area contributed by atoms with E-state index >= 15 is 0 Å². The number of benzene rings is 2. The highest BCUT2D eigenvalue weighted by Crippen LogP contribution is 2.37. The molecular weight excluding hydrogens is 314 g/mol. The Balaban J connectivity index is 1.42. The lowest BCUT2D eigenvalue weighted by molar-refractivity contribution is 0.348. The molecule has 0 bridgehead atoms. The molecule has 2 aromatic rings. The second-order valence-corrected chi connectivity index (χ2v) is 8.81. The molecule has 2 N–H and O–H groups in total. The topological polar surface area (TPSA) is 26.0 Å². The lowest BCUT2D eigenvalue weighted by Crippen LogP contribution is -2.25. The number of rotatable bonds is 3. The van der Waals surface area contributed by atoms with Crippen molar-refractivity contribution in [3.63, 3.8) is 0 Å². The third kappa shape index (κ3) is 4.04. The van der Waals surface area contributed by atoms with Gasteiger partial charge in [0, 0.05) is 6.04 Å². The van der Waals surface area contributed by atoms with Crippen LogP contribution >= 0.6 is 0 Å². The van der Waals surface area contributed by atoms with E-state index in [1.54, 1.807) is 0 Å². The van der Waals surface area contributed by atoms with Crippen molar-refractivity contribution in [1.82, 2.24) is 0 Å². The first-order valence-corrected chi connectivity index (χ1v) is 10.6. The Morgan fingerprint density at radius 2 is 0.962 bits per heavy atom. The van der Waals surface area contributed by atoms with Gasteiger partial charge in [-0.2, -0.15) is 0 Å². The van der Waals surface area contributed by atoms with Crippen molar-refractivity contribution in [1.29, 1.82) is 0 Å². The van der Waals surface area contributed by atoms with Gasteiger partial charge < -0.3 is 5.73 Å². The minimum absolute atomic E-state index is 0.427. The average molecular weight is 348 g/mol. The zero-order valence-corrected chi connectivity index (χ0v) is 16.2. The minimum Gasteiger partial charge on any atom is -0.328 e. The molecule has 0 heterocycles. The van der Waals surface area contributed by atoms with Gasteiger partial charge in [0.05, 0.1) is 0 Å². The molecule has 4 rings (SSSR count). The van der Waals surface area contributed by atoms with Crippen LogP contribution in [0, 0.1) is 5.92 Å². The highest BCUT2D eigenvalue weighted by atomic mass is 14.6. The van der Waals surface area contributed by atoms with Crippen LogP contribution in [-0.2, 0) is 0 Å². The molecule has 0 aromatic heterocycles. The van der Waals surface area contributed by atoms with Gasteiger partial charge in [0.15, 0.2) is 0 Å². The quantitative estimate of drug-likeness (QED) is 0.662. The summed E-state index contributed by atoms with van der Waals surface area (Å²) >= 11 is 0. The van der Waals surface area contributed by atoms with E-state index < -0.39 is 0 Å². The van der Waals surface area contributed by atoms with Crippen molar-refractivity contribution in [2.45, 2.75) is 76.2 Å². The molecule has 2 aliphatic carbocycles. The first-order chi connectivity index (χ1) is 12.7. The summed E-state index contributed by atoms with van der Waals surface area (Å²) in [4.78, 5) is 0. The van der Waals surface area contributed by atoms with E-state index in [1.165, 1.54) is 73.6 Å². The second kappa shape index (κ2) is 7.96. The SMILES string of the molecule is CC1CCC(c2ccc(-c3ccc(C4CCC(N)CC4)cc3)cc2)CC1. The zero-order chi connectivity index (χ0) is 17.9. The average Bonchev–Trinajstić information content (AvgIpc) is 2.70. The van der Waals surface area contributed by atoms with Crippen LogP contribution < -0.4 is 5.73 Å². The highest BCUT2D eigenvalue weighted by molar-refractivity contribution is 5.64. The maximum absolute atomic E-state index is 6.05. The summed E-state index contributed by atoms with van der Waals surface area (Å²) in [5.41, 5.74) is 11.8. The molecule has 0 aliphatic heterocycles. The van der Waals surface area contributed by atoms with Crippen molar-refractivity contribution in [2.24, 2.45) is 11.7 Å². The van der Waals surface area contributed by atoms with Gasteiger partial charge in [-0.3, -0.25) is 0 Å². The molecule has 0 unspecified atom stereocenters. The molecule has 0 saturated heterocycles. The molecule has 2 saturated carbocycles. The Kier molecular flexibility index (Phi) is 5.45. The second-order valence-electron chi connectivity index (χ2n) is 8.81. The molecule has 2 aromatic carbocycles. The van der Waals surface area contributed by atoms with E-state index in [0.717, 1.165) is 11.8 Å². The van der Waals surface area contributed by atoms with Crippen LogP contribution in [0.4, 0.5) is 0 Å². The first kappa shape index (κ1) is 17.8. The van der Waals surface area contributed by atoms with E-state index in [-0.39, 0.29) is 0 Å². The molecule has 0 amide bonds. The van der Waals surface area contributed by atoms with Gasteiger partial charge in [0.1, 0.15) is 0 Å². The Labute approximate surface area is 159 Å². The first-order valence-electron chi connectivity index (χ1n) is 10.6. The number of nitrogens with two attached hydrogens (primary N) is 1. The summed E-state index contributed by atoms with van der Waals surface area (Å²) < 4.78 is 0. The van der Waals surface area contributed by atoms with Crippen LogP contribution in [-0.4, -0.2) is 6.04 Å². The van der Waals surface area contributed by atoms with Crippen LogP contribution in [0.2, 0.25) is 0 Å². The molecule has 26 heavy (non-hydrogen) atoms. The molecule has 138 valence electrons. The van der Waals surface area contributed by atoms with Crippen LogP contribution in [0.15, 0.2) is 48.5 Å². The molecular formula is C25H33N. The summed E-state index contributed by atoms with van der Waals surface area (Å²) in [6.45, 7) is 2.39. The number of hydrogen-bond acceptors (Lipinski definition) is 1. The normalized spacial score (nSPS) is 29.5. The Hall–Kier alpha value is -1.60. The van der Waals surface area contributed by atoms with Crippen LogP contribution in [0.1, 0.15) is 81.3 Å². The van der Waals surface area contributed by atoms with Gasteiger partial charge in [-0.15, -0.1) is 0 Å². The predicted molar refractivity (Wildman–Crippen MR) is 111 cm³/mol. The molecule has 2 aliphatic rings. The standard InChI is InChI=1S/C25H33N/c1-18-2-4-19(5-3-18)20-6-8-21(9-7-20)22-10-12-23(13-11-22)24-14-16-25(26)17-15-24/h6-13,18-19,24-25H,2-5,14-17,26H2,1H3. The molecule has 0 atom stereocenters. The maximum Gasteiger partial charge on any atom is 0.00392 e. The zero-order valence-electron chi connectivity index (χ0n) is 16.2. The lowest BCUT2D eigenvalue weighted by atomic mass is 9.79. The molecule has 0 spiro atoms. The van der Waals surface area contributed by atoms with Crippen molar-refractivity contribution in [3.05, 3.63) is 59.7 Å². The van der Waals surface area contributed by atoms with Crippen molar-refractivity contribution in [3.8, 4) is 11.1 Å². The summed E-state index contributed by atoms with van der Waals surface area (Å²) in [7, 11) is 0. The predicted octanol–water partition coefficient (Wildman–Crippen LogP) is 6.63. The fourth-order valence-corrected chi connectivity index (χ4v) is 4.94. The van der Waals surface area contributed by atoms with Gasteiger partial charge >= 0.3 is 0 Å². The van der Waals surface area contributed by atoms with Gasteiger partial charge in [-0.1, -0.05) is 68.3 Å². The molecule has 0 radical (unpaired) electrons. The molecule has 1 nitrogen and oxygen atoms in total. The highest BCUT2D eigenvalue weighted by Gasteiger charge is 2.21. The third-order valence-electron chi connectivity index (χ3n) is 6.89. The monoisotopic (exact) mass is 347 g/mol. The van der Waals surface area contributed by atoms with Crippen LogP contribution in [0.3, 0.4) is 0 Å². The van der Waals surface area contributed by atoms with Crippen molar-refractivity contribution in [2.75, 3.05) is 0 Å². The molecule has 1 heteroatoms. The van der Waals surface area contributed by atoms with Crippen LogP contribution in [0.5, 0.6) is 0 Å². The van der Waals surface area contributed by atoms with E-state index in [4.69, 9.17) is 5.73 Å². The Morgan fingerprint density at radius 3 is 1.38 bits per heavy atom. The van der Waals surface area contributed by atoms with Gasteiger partial charge in [0.2, 0.25) is 0 Å². The molecule has 2 fully saturated rings. The van der Waals surface area contributed by atoms with E-state index in [9.17, 15) is 0 Å². The summed E-state index contributed by atoms with van der Waals surface area (Å²) in [5, 5.41) is 0. The number of hydrogen-bond donors (Lipinski definition) is 1. The lowest BCUT2D eigenvalue weighted by Gasteiger charge is -2.27. The van der Waals surface area contributed by atoms with Crippen molar-refractivity contribution >= 4 is 0 Å².